The molecule has 0 N–H and O–H groups in total. The van der Waals surface area contributed by atoms with Gasteiger partial charge < -0.3 is 0 Å². The van der Waals surface area contributed by atoms with Crippen LogP contribution in [0.15, 0.2) is 0 Å². The van der Waals surface area contributed by atoms with Crippen LogP contribution in [0.4, 0.5) is 0 Å². The van der Waals surface area contributed by atoms with E-state index < -0.39 is 3.79 Å². The lowest BCUT2D eigenvalue weighted by Crippen LogP contribution is -2.18. The summed E-state index contributed by atoms with van der Waals surface area (Å²) in [5.41, 5.74) is 1.41. The van der Waals surface area contributed by atoms with Gasteiger partial charge in [0, 0.05) is 6.04 Å². The average Bonchev–Trinajstić information content (AvgIpc) is 2.43. The van der Waals surface area contributed by atoms with Gasteiger partial charge in [-0.1, -0.05) is 60.8 Å². The number of hydrogen-bond donors (Lipinski definition) is 0. The Balaban J connectivity index is 3.25. The van der Waals surface area contributed by atoms with Gasteiger partial charge in [-0.05, 0) is 25.7 Å². The zero-order valence-corrected chi connectivity index (χ0v) is 13.0. The van der Waals surface area contributed by atoms with Crippen molar-refractivity contribution in [2.45, 2.75) is 50.9 Å². The summed E-state index contributed by atoms with van der Waals surface area (Å²) in [6.07, 6.45) is 0.765. The van der Waals surface area contributed by atoms with Gasteiger partial charge in [-0.15, -0.1) is 5.10 Å². The topological polar surface area (TPSA) is 30.7 Å². The number of rotatable bonds is 2. The second-order valence-corrected chi connectivity index (χ2v) is 7.94. The van der Waals surface area contributed by atoms with E-state index in [0.717, 1.165) is 12.1 Å². The van der Waals surface area contributed by atoms with Crippen molar-refractivity contribution >= 4 is 34.8 Å². The molecule has 1 heterocycles. The number of nitrogens with zero attached hydrogens (tertiary/aromatic N) is 3. The molecule has 0 saturated heterocycles. The van der Waals surface area contributed by atoms with Gasteiger partial charge in [0.1, 0.15) is 5.69 Å². The molecule has 0 saturated carbocycles. The Hall–Kier alpha value is 0.01000. The molecule has 0 atom stereocenters. The number of hydrogen-bond acceptors (Lipinski definition) is 2. The van der Waals surface area contributed by atoms with Gasteiger partial charge in [0.25, 0.3) is 0 Å². The molecule has 0 radical (unpaired) electrons. The zero-order valence-electron chi connectivity index (χ0n) is 10.8. The van der Waals surface area contributed by atoms with Crippen molar-refractivity contribution in [1.82, 2.24) is 15.0 Å². The van der Waals surface area contributed by atoms with E-state index in [-0.39, 0.29) is 11.5 Å². The van der Waals surface area contributed by atoms with Gasteiger partial charge in [-0.2, -0.15) is 0 Å². The lowest BCUT2D eigenvalue weighted by atomic mass is 9.90. The van der Waals surface area contributed by atoms with Crippen LogP contribution in [0.1, 0.15) is 52.0 Å². The van der Waals surface area contributed by atoms with Crippen LogP contribution in [0.5, 0.6) is 0 Å². The number of halogens is 3. The fraction of sp³-hybridized carbons (Fsp3) is 0.818. The van der Waals surface area contributed by atoms with Crippen LogP contribution in [0.2, 0.25) is 0 Å². The molecule has 0 spiro atoms. The molecule has 0 aromatic carbocycles. The molecule has 0 aliphatic heterocycles. The highest BCUT2D eigenvalue weighted by molar-refractivity contribution is 6.66. The molecule has 1 rings (SSSR count). The molecule has 0 unspecified atom stereocenters. The van der Waals surface area contributed by atoms with Gasteiger partial charge in [-0.25, -0.2) is 4.68 Å². The normalized spacial score (nSPS) is 13.5. The number of alkyl halides is 3. The van der Waals surface area contributed by atoms with E-state index >= 15 is 0 Å². The third-order valence-corrected chi connectivity index (χ3v) is 2.78. The largest absolute Gasteiger partial charge is 0.246 e. The van der Waals surface area contributed by atoms with Crippen LogP contribution >= 0.6 is 34.8 Å². The first-order valence-corrected chi connectivity index (χ1v) is 6.67. The Bertz CT molecular complexity index is 386. The Morgan fingerprint density at radius 2 is 1.71 bits per heavy atom. The van der Waals surface area contributed by atoms with Crippen LogP contribution in [-0.2, 0) is 10.2 Å². The second kappa shape index (κ2) is 4.94. The van der Waals surface area contributed by atoms with E-state index in [9.17, 15) is 0 Å². The van der Waals surface area contributed by atoms with Gasteiger partial charge in [0.2, 0.25) is 3.79 Å². The quantitative estimate of drug-likeness (QED) is 0.763. The first-order chi connectivity index (χ1) is 7.52. The van der Waals surface area contributed by atoms with E-state index in [4.69, 9.17) is 34.8 Å². The second-order valence-electron chi connectivity index (χ2n) is 5.66. The molecule has 1 aromatic rings. The summed E-state index contributed by atoms with van der Waals surface area (Å²) in [5.74, 6) is 0. The van der Waals surface area contributed by atoms with Crippen LogP contribution in [0, 0.1) is 5.41 Å². The van der Waals surface area contributed by atoms with Gasteiger partial charge in [0.15, 0.2) is 0 Å². The van der Waals surface area contributed by atoms with Gasteiger partial charge >= 0.3 is 0 Å². The van der Waals surface area contributed by atoms with Crippen molar-refractivity contribution in [3.05, 3.63) is 11.4 Å². The first-order valence-electron chi connectivity index (χ1n) is 5.53. The highest BCUT2D eigenvalue weighted by atomic mass is 35.6. The SMILES string of the molecule is CC(C)n1nnc(C(Cl)(Cl)Cl)c1CC(C)(C)C. The van der Waals surface area contributed by atoms with E-state index in [0.29, 0.717) is 5.69 Å². The van der Waals surface area contributed by atoms with Crippen molar-refractivity contribution in [2.24, 2.45) is 5.41 Å². The molecule has 6 heteroatoms. The fourth-order valence-corrected chi connectivity index (χ4v) is 2.06. The van der Waals surface area contributed by atoms with Crippen molar-refractivity contribution in [3.63, 3.8) is 0 Å². The molecular formula is C11H18Cl3N3. The predicted octanol–water partition coefficient (Wildman–Crippen LogP) is 4.27. The average molecular weight is 299 g/mol. The molecule has 0 aliphatic carbocycles. The summed E-state index contributed by atoms with van der Waals surface area (Å²) in [4.78, 5) is 0. The Labute approximate surface area is 117 Å². The lowest BCUT2D eigenvalue weighted by Gasteiger charge is -2.22. The van der Waals surface area contributed by atoms with Gasteiger partial charge in [0.05, 0.1) is 5.69 Å². The summed E-state index contributed by atoms with van der Waals surface area (Å²) < 4.78 is 0.302. The Kier molecular flexibility index (Phi) is 4.38. The van der Waals surface area contributed by atoms with Crippen LogP contribution in [-0.4, -0.2) is 15.0 Å². The summed E-state index contributed by atoms with van der Waals surface area (Å²) in [6.45, 7) is 10.5. The van der Waals surface area contributed by atoms with Crippen molar-refractivity contribution in [1.29, 1.82) is 0 Å². The van der Waals surface area contributed by atoms with Crippen molar-refractivity contribution < 1.29 is 0 Å². The minimum absolute atomic E-state index is 0.0824. The van der Waals surface area contributed by atoms with Gasteiger partial charge in [-0.3, -0.25) is 0 Å². The minimum atomic E-state index is -1.52. The molecule has 17 heavy (non-hydrogen) atoms. The molecule has 98 valence electrons. The smallest absolute Gasteiger partial charge is 0.236 e. The third-order valence-electron chi connectivity index (χ3n) is 2.25. The maximum absolute atomic E-state index is 5.93. The summed E-state index contributed by atoms with van der Waals surface area (Å²) in [5, 5.41) is 8.09. The van der Waals surface area contributed by atoms with E-state index in [1.807, 2.05) is 18.5 Å². The van der Waals surface area contributed by atoms with E-state index in [2.05, 4.69) is 31.1 Å². The minimum Gasteiger partial charge on any atom is -0.246 e. The monoisotopic (exact) mass is 297 g/mol. The third kappa shape index (κ3) is 4.01. The molecule has 0 aliphatic rings. The maximum atomic E-state index is 5.93. The molecule has 1 aromatic heterocycles. The number of aromatic nitrogens is 3. The standard InChI is InChI=1S/C11H18Cl3N3/c1-7(2)17-8(6-10(3,4)5)9(15-16-17)11(12,13)14/h7H,6H2,1-5H3. The zero-order chi connectivity index (χ0) is 13.4. The predicted molar refractivity (Wildman–Crippen MR) is 72.8 cm³/mol. The van der Waals surface area contributed by atoms with Crippen molar-refractivity contribution in [2.75, 3.05) is 0 Å². The first kappa shape index (κ1) is 15.1. The summed E-state index contributed by atoms with van der Waals surface area (Å²) in [7, 11) is 0. The Morgan fingerprint density at radius 1 is 1.18 bits per heavy atom. The summed E-state index contributed by atoms with van der Waals surface area (Å²) in [6, 6.07) is 0.195. The Morgan fingerprint density at radius 3 is 2.06 bits per heavy atom. The summed E-state index contributed by atoms with van der Waals surface area (Å²) >= 11 is 17.8. The van der Waals surface area contributed by atoms with Crippen LogP contribution in [0.25, 0.3) is 0 Å². The molecular weight excluding hydrogens is 281 g/mol. The molecule has 3 nitrogen and oxygen atoms in total. The molecule has 0 fully saturated rings. The molecule has 0 bridgehead atoms. The fourth-order valence-electron chi connectivity index (χ4n) is 1.62. The molecule has 0 amide bonds. The maximum Gasteiger partial charge on any atom is 0.236 e. The van der Waals surface area contributed by atoms with E-state index in [1.54, 1.807) is 0 Å². The van der Waals surface area contributed by atoms with Crippen molar-refractivity contribution in [3.8, 4) is 0 Å². The highest BCUT2D eigenvalue weighted by Crippen LogP contribution is 2.40. The van der Waals surface area contributed by atoms with E-state index in [1.165, 1.54) is 0 Å². The van der Waals surface area contributed by atoms with Crippen LogP contribution in [0.3, 0.4) is 0 Å². The lowest BCUT2D eigenvalue weighted by molar-refractivity contribution is 0.381. The van der Waals surface area contributed by atoms with Crippen LogP contribution < -0.4 is 0 Å². The highest BCUT2D eigenvalue weighted by Gasteiger charge is 2.33.